The fraction of sp³-hybridized carbons (Fsp3) is 0.474. The first kappa shape index (κ1) is 16.1. The Morgan fingerprint density at radius 3 is 2.96 bits per heavy atom. The van der Waals surface area contributed by atoms with E-state index in [2.05, 4.69) is 44.0 Å². The van der Waals surface area contributed by atoms with Gasteiger partial charge in [0.15, 0.2) is 0 Å². The normalized spacial score (nSPS) is 19.7. The second-order valence-electron chi connectivity index (χ2n) is 7.03. The van der Waals surface area contributed by atoms with Gasteiger partial charge in [-0.05, 0) is 24.5 Å². The van der Waals surface area contributed by atoms with Gasteiger partial charge in [0.1, 0.15) is 11.5 Å². The number of rotatable bonds is 4. The maximum atomic E-state index is 12.7. The molecule has 1 N–H and O–H groups in total. The van der Waals surface area contributed by atoms with Gasteiger partial charge >= 0.3 is 0 Å². The highest BCUT2D eigenvalue weighted by molar-refractivity contribution is 5.92. The van der Waals surface area contributed by atoms with Crippen LogP contribution in [0.3, 0.4) is 0 Å². The number of benzene rings is 1. The molecule has 0 unspecified atom stereocenters. The lowest BCUT2D eigenvalue weighted by Gasteiger charge is -2.22. The minimum absolute atomic E-state index is 0.0278. The van der Waals surface area contributed by atoms with E-state index in [1.807, 2.05) is 24.2 Å². The number of hydrogen-bond donors (Lipinski definition) is 1. The summed E-state index contributed by atoms with van der Waals surface area (Å²) in [6.07, 6.45) is 3.02. The van der Waals surface area contributed by atoms with Crippen molar-refractivity contribution in [1.82, 2.24) is 19.8 Å². The smallest absolute Gasteiger partial charge is 0.273 e. The average molecular weight is 339 g/mol. The fourth-order valence-corrected chi connectivity index (χ4v) is 3.81. The molecule has 0 aliphatic carbocycles. The summed E-state index contributed by atoms with van der Waals surface area (Å²) in [5, 5.41) is 3.29. The number of nitrogens with zero attached hydrogens (tertiary/aromatic N) is 4. The Labute approximate surface area is 148 Å². The van der Waals surface area contributed by atoms with Crippen LogP contribution in [0.2, 0.25) is 0 Å². The summed E-state index contributed by atoms with van der Waals surface area (Å²) in [5.74, 6) is 1.49. The molecule has 2 aliphatic heterocycles. The third-order valence-corrected chi connectivity index (χ3v) is 5.18. The van der Waals surface area contributed by atoms with Crippen molar-refractivity contribution in [2.75, 3.05) is 38.1 Å². The van der Waals surface area contributed by atoms with Gasteiger partial charge in [0.25, 0.3) is 5.91 Å². The number of fused-ring (bicyclic) bond motifs is 1. The number of amides is 1. The quantitative estimate of drug-likeness (QED) is 0.919. The van der Waals surface area contributed by atoms with Crippen LogP contribution in [0.25, 0.3) is 0 Å². The fourth-order valence-electron chi connectivity index (χ4n) is 3.81. The number of anilines is 1. The monoisotopic (exact) mass is 339 g/mol. The molecule has 2 aromatic rings. The number of imidazole rings is 1. The van der Waals surface area contributed by atoms with Crippen molar-refractivity contribution in [3.63, 3.8) is 0 Å². The van der Waals surface area contributed by atoms with Crippen molar-refractivity contribution in [1.29, 1.82) is 0 Å². The Morgan fingerprint density at radius 2 is 2.16 bits per heavy atom. The molecule has 1 aromatic heterocycles. The number of carbonyl (C=O) groups excluding carboxylic acids is 1. The summed E-state index contributed by atoms with van der Waals surface area (Å²) >= 11 is 0. The Hall–Kier alpha value is -2.34. The van der Waals surface area contributed by atoms with Gasteiger partial charge in [0, 0.05) is 51.7 Å². The summed E-state index contributed by atoms with van der Waals surface area (Å²) < 4.78 is 2.09. The van der Waals surface area contributed by atoms with E-state index in [-0.39, 0.29) is 5.91 Å². The molecule has 25 heavy (non-hydrogen) atoms. The molecule has 6 nitrogen and oxygen atoms in total. The standard InChI is InChI=1S/C19H25N5O/c1-22(19(25)17-14-24-10-8-20-11-18(24)21-17)12-15-7-9-23(13-15)16-5-3-2-4-6-16/h2-6,14-15,20H,7-13H2,1H3/t15-/m1/s1. The third kappa shape index (κ3) is 3.39. The lowest BCUT2D eigenvalue weighted by atomic mass is 10.1. The van der Waals surface area contributed by atoms with E-state index in [9.17, 15) is 4.79 Å². The first-order valence-corrected chi connectivity index (χ1v) is 9.03. The largest absolute Gasteiger partial charge is 0.371 e. The summed E-state index contributed by atoms with van der Waals surface area (Å²) in [6, 6.07) is 10.5. The zero-order valence-electron chi connectivity index (χ0n) is 14.7. The zero-order valence-corrected chi connectivity index (χ0v) is 14.7. The SMILES string of the molecule is CN(C[C@H]1CCN(c2ccccc2)C1)C(=O)c1cn2c(n1)CNCC2. The maximum absolute atomic E-state index is 12.7. The average Bonchev–Trinajstić information content (AvgIpc) is 3.28. The molecule has 1 atom stereocenters. The summed E-state index contributed by atoms with van der Waals surface area (Å²) in [7, 11) is 1.89. The van der Waals surface area contributed by atoms with Crippen LogP contribution in [0.4, 0.5) is 5.69 Å². The Kier molecular flexibility index (Phi) is 4.44. The Balaban J connectivity index is 1.36. The number of hydrogen-bond acceptors (Lipinski definition) is 4. The third-order valence-electron chi connectivity index (χ3n) is 5.18. The van der Waals surface area contributed by atoms with Crippen molar-refractivity contribution in [3.8, 4) is 0 Å². The molecule has 1 amide bonds. The maximum Gasteiger partial charge on any atom is 0.273 e. The van der Waals surface area contributed by atoms with Gasteiger partial charge < -0.3 is 19.7 Å². The predicted octanol–water partition coefficient (Wildman–Crippen LogP) is 1.58. The molecule has 6 heteroatoms. The summed E-state index contributed by atoms with van der Waals surface area (Å²) in [6.45, 7) is 5.40. The van der Waals surface area contributed by atoms with E-state index in [1.54, 1.807) is 0 Å². The summed E-state index contributed by atoms with van der Waals surface area (Å²) in [4.78, 5) is 21.5. The second kappa shape index (κ2) is 6.88. The summed E-state index contributed by atoms with van der Waals surface area (Å²) in [5.41, 5.74) is 1.84. The number of carbonyl (C=O) groups is 1. The minimum Gasteiger partial charge on any atom is -0.371 e. The number of para-hydroxylation sites is 1. The highest BCUT2D eigenvalue weighted by Crippen LogP contribution is 2.24. The predicted molar refractivity (Wildman–Crippen MR) is 97.7 cm³/mol. The second-order valence-corrected chi connectivity index (χ2v) is 7.03. The van der Waals surface area contributed by atoms with E-state index < -0.39 is 0 Å². The molecule has 2 aliphatic rings. The molecule has 1 fully saturated rings. The van der Waals surface area contributed by atoms with Gasteiger partial charge in [-0.3, -0.25) is 4.79 Å². The van der Waals surface area contributed by atoms with E-state index in [1.165, 1.54) is 5.69 Å². The molecule has 1 aromatic carbocycles. The zero-order chi connectivity index (χ0) is 17.2. The number of aromatic nitrogens is 2. The topological polar surface area (TPSA) is 53.4 Å². The van der Waals surface area contributed by atoms with Gasteiger partial charge in [0.05, 0.1) is 6.54 Å². The van der Waals surface area contributed by atoms with Crippen molar-refractivity contribution in [2.45, 2.75) is 19.5 Å². The minimum atomic E-state index is 0.0278. The molecule has 0 bridgehead atoms. The van der Waals surface area contributed by atoms with E-state index >= 15 is 0 Å². The highest BCUT2D eigenvalue weighted by Gasteiger charge is 2.26. The van der Waals surface area contributed by atoms with E-state index in [0.29, 0.717) is 11.6 Å². The highest BCUT2D eigenvalue weighted by atomic mass is 16.2. The van der Waals surface area contributed by atoms with Gasteiger partial charge in [-0.15, -0.1) is 0 Å². The van der Waals surface area contributed by atoms with Crippen LogP contribution in [0.15, 0.2) is 36.5 Å². The first-order valence-electron chi connectivity index (χ1n) is 9.03. The van der Waals surface area contributed by atoms with Crippen molar-refractivity contribution in [3.05, 3.63) is 48.0 Å². The molecule has 3 heterocycles. The van der Waals surface area contributed by atoms with Gasteiger partial charge in [-0.1, -0.05) is 18.2 Å². The van der Waals surface area contributed by atoms with Crippen LogP contribution in [0.5, 0.6) is 0 Å². The van der Waals surface area contributed by atoms with E-state index in [4.69, 9.17) is 0 Å². The van der Waals surface area contributed by atoms with Crippen LogP contribution in [-0.2, 0) is 13.1 Å². The molecule has 0 saturated carbocycles. The van der Waals surface area contributed by atoms with Crippen LogP contribution >= 0.6 is 0 Å². The lowest BCUT2D eigenvalue weighted by Crippen LogP contribution is -2.33. The van der Waals surface area contributed by atoms with E-state index in [0.717, 1.165) is 51.5 Å². The molecule has 0 spiro atoms. The Morgan fingerprint density at radius 1 is 1.32 bits per heavy atom. The first-order chi connectivity index (χ1) is 12.2. The molecule has 0 radical (unpaired) electrons. The number of nitrogens with one attached hydrogen (secondary N) is 1. The molecule has 1 saturated heterocycles. The molecular formula is C19H25N5O. The van der Waals surface area contributed by atoms with Crippen LogP contribution < -0.4 is 10.2 Å². The van der Waals surface area contributed by atoms with Crippen LogP contribution in [0, 0.1) is 5.92 Å². The lowest BCUT2D eigenvalue weighted by molar-refractivity contribution is 0.0771. The van der Waals surface area contributed by atoms with Crippen LogP contribution in [-0.4, -0.2) is 53.6 Å². The molecular weight excluding hydrogens is 314 g/mol. The van der Waals surface area contributed by atoms with Gasteiger partial charge in [-0.25, -0.2) is 4.98 Å². The van der Waals surface area contributed by atoms with Gasteiger partial charge in [0.2, 0.25) is 0 Å². The molecule has 4 rings (SSSR count). The van der Waals surface area contributed by atoms with Crippen molar-refractivity contribution >= 4 is 11.6 Å². The van der Waals surface area contributed by atoms with Crippen molar-refractivity contribution in [2.24, 2.45) is 5.92 Å². The Bertz CT molecular complexity index is 718. The van der Waals surface area contributed by atoms with Crippen molar-refractivity contribution < 1.29 is 4.79 Å². The van der Waals surface area contributed by atoms with Gasteiger partial charge in [-0.2, -0.15) is 0 Å². The molecule has 132 valence electrons. The van der Waals surface area contributed by atoms with Crippen LogP contribution in [0.1, 0.15) is 22.7 Å².